The Morgan fingerprint density at radius 2 is 2.04 bits per heavy atom. The molecule has 1 aliphatic rings. The van der Waals surface area contributed by atoms with Crippen molar-refractivity contribution in [2.45, 2.75) is 38.4 Å². The van der Waals surface area contributed by atoms with Crippen molar-refractivity contribution in [1.82, 2.24) is 9.88 Å². The third-order valence-corrected chi connectivity index (χ3v) is 5.01. The molecule has 6 heteroatoms. The summed E-state index contributed by atoms with van der Waals surface area (Å²) in [6.07, 6.45) is 3.22. The molecule has 1 aromatic heterocycles. The van der Waals surface area contributed by atoms with Gasteiger partial charge in [0.25, 0.3) is 0 Å². The summed E-state index contributed by atoms with van der Waals surface area (Å²) in [5.41, 5.74) is 7.71. The number of hydrogen-bond acceptors (Lipinski definition) is 5. The molecule has 2 heterocycles. The zero-order chi connectivity index (χ0) is 16.8. The molecule has 0 spiro atoms. The van der Waals surface area contributed by atoms with Crippen molar-refractivity contribution in [3.05, 3.63) is 47.0 Å². The summed E-state index contributed by atoms with van der Waals surface area (Å²) < 4.78 is 5.97. The molecule has 1 saturated heterocycles. The van der Waals surface area contributed by atoms with Gasteiger partial charge in [0, 0.05) is 24.9 Å². The van der Waals surface area contributed by atoms with Crippen LogP contribution >= 0.6 is 11.3 Å². The van der Waals surface area contributed by atoms with Gasteiger partial charge in [-0.2, -0.15) is 0 Å². The van der Waals surface area contributed by atoms with Gasteiger partial charge in [-0.1, -0.05) is 30.3 Å². The second-order valence-electron chi connectivity index (χ2n) is 6.05. The van der Waals surface area contributed by atoms with E-state index < -0.39 is 0 Å². The molecular weight excluding hydrogens is 322 g/mol. The lowest BCUT2D eigenvalue weighted by Crippen LogP contribution is -2.40. The van der Waals surface area contributed by atoms with Crippen LogP contribution in [0.3, 0.4) is 0 Å². The van der Waals surface area contributed by atoms with Crippen LogP contribution in [0, 0.1) is 0 Å². The van der Waals surface area contributed by atoms with Gasteiger partial charge in [-0.15, -0.1) is 11.3 Å². The number of rotatable bonds is 6. The van der Waals surface area contributed by atoms with Crippen LogP contribution in [-0.4, -0.2) is 35.0 Å². The number of aryl methyl sites for hydroxylation is 1. The highest BCUT2D eigenvalue weighted by atomic mass is 32.1. The summed E-state index contributed by atoms with van der Waals surface area (Å²) in [7, 11) is 0. The summed E-state index contributed by atoms with van der Waals surface area (Å²) in [5, 5.41) is 2.49. The maximum atomic E-state index is 12.3. The molecule has 24 heavy (non-hydrogen) atoms. The molecule has 2 N–H and O–H groups in total. The van der Waals surface area contributed by atoms with Gasteiger partial charge in [0.2, 0.25) is 5.91 Å². The van der Waals surface area contributed by atoms with Crippen LogP contribution in [-0.2, 0) is 22.6 Å². The van der Waals surface area contributed by atoms with E-state index in [4.69, 9.17) is 10.5 Å². The lowest BCUT2D eigenvalue weighted by Gasteiger charge is -2.32. The Morgan fingerprint density at radius 3 is 2.71 bits per heavy atom. The number of carbonyl (C=O) groups is 1. The molecule has 0 aliphatic carbocycles. The summed E-state index contributed by atoms with van der Waals surface area (Å²) >= 11 is 1.42. The molecule has 1 amide bonds. The van der Waals surface area contributed by atoms with Gasteiger partial charge in [-0.3, -0.25) is 4.79 Å². The van der Waals surface area contributed by atoms with E-state index in [-0.39, 0.29) is 12.0 Å². The third kappa shape index (κ3) is 4.79. The van der Waals surface area contributed by atoms with Gasteiger partial charge >= 0.3 is 0 Å². The quantitative estimate of drug-likeness (QED) is 0.874. The van der Waals surface area contributed by atoms with Crippen molar-refractivity contribution in [3.8, 4) is 0 Å². The standard InChI is InChI=1S/C18H23N3O2S/c19-18-20-15(13-24-18)6-7-17(22)21-10-8-16(9-11-21)23-12-14-4-2-1-3-5-14/h1-5,13,16H,6-12H2,(H2,19,20). The Kier molecular flexibility index (Phi) is 5.82. The number of hydrogen-bond donors (Lipinski definition) is 1. The summed E-state index contributed by atoms with van der Waals surface area (Å²) in [6.45, 7) is 2.19. The van der Waals surface area contributed by atoms with Gasteiger partial charge in [-0.05, 0) is 24.8 Å². The van der Waals surface area contributed by atoms with Crippen molar-refractivity contribution in [3.63, 3.8) is 0 Å². The molecule has 1 fully saturated rings. The molecule has 0 unspecified atom stereocenters. The highest BCUT2D eigenvalue weighted by Gasteiger charge is 2.23. The number of piperidine rings is 1. The minimum absolute atomic E-state index is 0.197. The lowest BCUT2D eigenvalue weighted by atomic mass is 10.1. The molecule has 1 aliphatic heterocycles. The van der Waals surface area contributed by atoms with Crippen LogP contribution < -0.4 is 5.73 Å². The van der Waals surface area contributed by atoms with Crippen LogP contribution in [0.4, 0.5) is 5.13 Å². The number of aromatic nitrogens is 1. The monoisotopic (exact) mass is 345 g/mol. The van der Waals surface area contributed by atoms with Crippen LogP contribution in [0.25, 0.3) is 0 Å². The van der Waals surface area contributed by atoms with E-state index in [9.17, 15) is 4.79 Å². The van der Waals surface area contributed by atoms with Crippen molar-refractivity contribution in [2.75, 3.05) is 18.8 Å². The zero-order valence-corrected chi connectivity index (χ0v) is 14.5. The largest absolute Gasteiger partial charge is 0.375 e. The summed E-state index contributed by atoms with van der Waals surface area (Å²) in [5.74, 6) is 0.197. The Balaban J connectivity index is 1.37. The first-order valence-electron chi connectivity index (χ1n) is 8.34. The minimum Gasteiger partial charge on any atom is -0.375 e. The first-order valence-corrected chi connectivity index (χ1v) is 9.22. The average molecular weight is 345 g/mol. The van der Waals surface area contributed by atoms with Crippen molar-refractivity contribution in [1.29, 1.82) is 0 Å². The highest BCUT2D eigenvalue weighted by Crippen LogP contribution is 2.18. The zero-order valence-electron chi connectivity index (χ0n) is 13.7. The number of anilines is 1. The molecular formula is C18H23N3O2S. The van der Waals surface area contributed by atoms with Crippen molar-refractivity contribution < 1.29 is 9.53 Å². The normalized spacial score (nSPS) is 15.6. The number of ether oxygens (including phenoxy) is 1. The number of nitrogen functional groups attached to an aromatic ring is 1. The maximum absolute atomic E-state index is 12.3. The van der Waals surface area contributed by atoms with E-state index in [2.05, 4.69) is 17.1 Å². The summed E-state index contributed by atoms with van der Waals surface area (Å²) in [4.78, 5) is 18.4. The molecule has 0 radical (unpaired) electrons. The smallest absolute Gasteiger partial charge is 0.222 e. The average Bonchev–Trinajstić information content (AvgIpc) is 3.04. The lowest BCUT2D eigenvalue weighted by molar-refractivity contribution is -0.134. The van der Waals surface area contributed by atoms with Crippen LogP contribution in [0.1, 0.15) is 30.5 Å². The van der Waals surface area contributed by atoms with E-state index in [0.29, 0.717) is 24.6 Å². The van der Waals surface area contributed by atoms with Crippen molar-refractivity contribution in [2.24, 2.45) is 0 Å². The van der Waals surface area contributed by atoms with Gasteiger partial charge in [0.05, 0.1) is 18.4 Å². The predicted octanol–water partition coefficient (Wildman–Crippen LogP) is 2.87. The fourth-order valence-corrected chi connectivity index (χ4v) is 3.49. The number of nitrogens with two attached hydrogens (primary N) is 1. The third-order valence-electron chi connectivity index (χ3n) is 4.29. The van der Waals surface area contributed by atoms with E-state index in [1.54, 1.807) is 0 Å². The molecule has 0 atom stereocenters. The molecule has 128 valence electrons. The van der Waals surface area contributed by atoms with Crippen LogP contribution in [0.15, 0.2) is 35.7 Å². The van der Waals surface area contributed by atoms with E-state index >= 15 is 0 Å². The SMILES string of the molecule is Nc1nc(CCC(=O)N2CCC(OCc3ccccc3)CC2)cs1. The van der Waals surface area contributed by atoms with E-state index in [1.165, 1.54) is 16.9 Å². The number of benzene rings is 1. The van der Waals surface area contributed by atoms with Gasteiger partial charge in [-0.25, -0.2) is 4.98 Å². The minimum atomic E-state index is 0.197. The van der Waals surface area contributed by atoms with Crippen LogP contribution in [0.5, 0.6) is 0 Å². The van der Waals surface area contributed by atoms with Gasteiger partial charge < -0.3 is 15.4 Å². The number of amides is 1. The second kappa shape index (κ2) is 8.26. The topological polar surface area (TPSA) is 68.5 Å². The fraction of sp³-hybridized carbons (Fsp3) is 0.444. The van der Waals surface area contributed by atoms with E-state index in [1.807, 2.05) is 28.5 Å². The number of thiazole rings is 1. The Morgan fingerprint density at radius 1 is 1.29 bits per heavy atom. The first-order chi connectivity index (χ1) is 11.7. The van der Waals surface area contributed by atoms with Gasteiger partial charge in [0.1, 0.15) is 0 Å². The Bertz CT molecular complexity index is 651. The molecule has 1 aromatic carbocycles. The molecule has 2 aromatic rings. The Labute approximate surface area is 146 Å². The molecule has 0 bridgehead atoms. The predicted molar refractivity (Wildman–Crippen MR) is 95.7 cm³/mol. The van der Waals surface area contributed by atoms with Crippen molar-refractivity contribution >= 4 is 22.4 Å². The van der Waals surface area contributed by atoms with E-state index in [0.717, 1.165) is 31.6 Å². The maximum Gasteiger partial charge on any atom is 0.222 e. The fourth-order valence-electron chi connectivity index (χ4n) is 2.89. The van der Waals surface area contributed by atoms with Gasteiger partial charge in [0.15, 0.2) is 5.13 Å². The number of carbonyl (C=O) groups excluding carboxylic acids is 1. The molecule has 3 rings (SSSR count). The Hall–Kier alpha value is -1.92. The number of nitrogens with zero attached hydrogens (tertiary/aromatic N) is 2. The van der Waals surface area contributed by atoms with Crippen LogP contribution in [0.2, 0.25) is 0 Å². The summed E-state index contributed by atoms with van der Waals surface area (Å²) in [6, 6.07) is 10.2. The second-order valence-corrected chi connectivity index (χ2v) is 6.94. The number of likely N-dealkylation sites (tertiary alicyclic amines) is 1. The molecule has 0 saturated carbocycles. The first kappa shape index (κ1) is 16.9. The molecule has 5 nitrogen and oxygen atoms in total. The highest BCUT2D eigenvalue weighted by molar-refractivity contribution is 7.13.